The van der Waals surface area contributed by atoms with Gasteiger partial charge in [0.25, 0.3) is 0 Å². The van der Waals surface area contributed by atoms with E-state index in [1.807, 2.05) is 0 Å². The molecule has 7 aromatic carbocycles. The van der Waals surface area contributed by atoms with Crippen LogP contribution in [0.2, 0.25) is 0 Å². The highest BCUT2D eigenvalue weighted by atomic mass is 14.7. The molecule has 0 radical (unpaired) electrons. The highest BCUT2D eigenvalue weighted by Gasteiger charge is 2.16. The third-order valence-electron chi connectivity index (χ3n) is 8.95. The fraction of sp³-hybridized carbons (Fsp3) is 0. The first kappa shape index (κ1) is 24.7. The van der Waals surface area contributed by atoms with E-state index in [0.29, 0.717) is 0 Å². The van der Waals surface area contributed by atoms with Crippen molar-refractivity contribution in [3.8, 4) is 44.5 Å². The number of para-hydroxylation sites is 2. The topological polar surface area (TPSA) is 31.6 Å². The molecular formula is C42H28N2. The third kappa shape index (κ3) is 3.96. The summed E-state index contributed by atoms with van der Waals surface area (Å²) in [6.07, 6.45) is 0. The van der Waals surface area contributed by atoms with Crippen LogP contribution in [0.1, 0.15) is 0 Å². The molecule has 0 unspecified atom stereocenters. The predicted molar refractivity (Wildman–Crippen MR) is 187 cm³/mol. The second kappa shape index (κ2) is 9.86. The molecule has 2 N–H and O–H groups in total. The van der Waals surface area contributed by atoms with E-state index in [1.165, 1.54) is 77.1 Å². The van der Waals surface area contributed by atoms with Gasteiger partial charge in [-0.15, -0.1) is 0 Å². The van der Waals surface area contributed by atoms with Crippen molar-refractivity contribution in [2.45, 2.75) is 0 Å². The average Bonchev–Trinajstić information content (AvgIpc) is 3.67. The van der Waals surface area contributed by atoms with Gasteiger partial charge >= 0.3 is 0 Å². The van der Waals surface area contributed by atoms with Crippen LogP contribution in [0.3, 0.4) is 0 Å². The molecule has 0 amide bonds. The Labute approximate surface area is 255 Å². The maximum atomic E-state index is 3.73. The molecule has 9 rings (SSSR count). The first-order chi connectivity index (χ1) is 21.8. The number of nitrogens with one attached hydrogen (secondary N) is 2. The minimum atomic E-state index is 1.16. The summed E-state index contributed by atoms with van der Waals surface area (Å²) in [5, 5.41) is 4.99. The Morgan fingerprint density at radius 1 is 0.273 bits per heavy atom. The van der Waals surface area contributed by atoms with Crippen molar-refractivity contribution in [1.29, 1.82) is 0 Å². The van der Waals surface area contributed by atoms with E-state index < -0.39 is 0 Å². The summed E-state index contributed by atoms with van der Waals surface area (Å²) < 4.78 is 0. The Morgan fingerprint density at radius 3 is 1.09 bits per heavy atom. The third-order valence-corrected chi connectivity index (χ3v) is 8.95. The van der Waals surface area contributed by atoms with E-state index in [0.717, 1.165) is 11.0 Å². The number of hydrogen-bond acceptors (Lipinski definition) is 0. The largest absolute Gasteiger partial charge is 0.354 e. The molecule has 44 heavy (non-hydrogen) atoms. The summed E-state index contributed by atoms with van der Waals surface area (Å²) in [5.74, 6) is 0. The van der Waals surface area contributed by atoms with Gasteiger partial charge in [-0.1, -0.05) is 121 Å². The van der Waals surface area contributed by atoms with Gasteiger partial charge in [0.15, 0.2) is 0 Å². The Hall–Kier alpha value is -5.86. The Bertz CT molecular complexity index is 2290. The van der Waals surface area contributed by atoms with E-state index in [9.17, 15) is 0 Å². The van der Waals surface area contributed by atoms with Crippen molar-refractivity contribution in [1.82, 2.24) is 9.97 Å². The molecule has 206 valence electrons. The van der Waals surface area contributed by atoms with E-state index in [-0.39, 0.29) is 0 Å². The van der Waals surface area contributed by atoms with Gasteiger partial charge in [-0.25, -0.2) is 0 Å². The van der Waals surface area contributed by atoms with Crippen LogP contribution in [0.15, 0.2) is 158 Å². The zero-order valence-electron chi connectivity index (χ0n) is 24.0. The molecule has 2 heterocycles. The van der Waals surface area contributed by atoms with Crippen LogP contribution in [-0.4, -0.2) is 9.97 Å². The molecule has 0 aliphatic heterocycles. The second-order valence-electron chi connectivity index (χ2n) is 11.5. The molecule has 0 saturated heterocycles. The number of aromatic amines is 2. The SMILES string of the molecule is c1ccc(-c2cc(-c3ccc(-c4cc(-c5ccccc5)cc5c4[nH]c4ccccc45)cc3)c3[nH]c4ccccc4c3c2)cc1. The van der Waals surface area contributed by atoms with Crippen LogP contribution in [0.25, 0.3) is 88.1 Å². The molecule has 2 heteroatoms. The fourth-order valence-electron chi connectivity index (χ4n) is 6.78. The zero-order valence-corrected chi connectivity index (χ0v) is 24.0. The quantitative estimate of drug-likeness (QED) is 0.215. The standard InChI is InChI=1S/C42H28N2/c1-3-11-27(12-4-1)31-23-35(41-37(25-31)33-15-7-9-17-39(33)43-41)29-19-21-30(22-20-29)36-24-32(28-13-5-2-6-14-28)26-38-34-16-8-10-18-40(34)44-42(36)38/h1-26,43-44H. The van der Waals surface area contributed by atoms with Gasteiger partial charge in [-0.2, -0.15) is 0 Å². The normalized spacial score (nSPS) is 11.6. The predicted octanol–water partition coefficient (Wildman–Crippen LogP) is 11.6. The van der Waals surface area contributed by atoms with Crippen LogP contribution in [0.5, 0.6) is 0 Å². The van der Waals surface area contributed by atoms with Crippen molar-refractivity contribution in [3.63, 3.8) is 0 Å². The van der Waals surface area contributed by atoms with Crippen LogP contribution in [-0.2, 0) is 0 Å². The van der Waals surface area contributed by atoms with E-state index in [4.69, 9.17) is 0 Å². The van der Waals surface area contributed by atoms with Crippen LogP contribution < -0.4 is 0 Å². The molecule has 0 spiro atoms. The molecule has 0 aliphatic rings. The Kier molecular flexibility index (Phi) is 5.54. The van der Waals surface area contributed by atoms with Gasteiger partial charge in [-0.05, 0) is 69.8 Å². The fourth-order valence-corrected chi connectivity index (χ4v) is 6.78. The first-order valence-electron chi connectivity index (χ1n) is 15.1. The van der Waals surface area contributed by atoms with Crippen molar-refractivity contribution in [2.24, 2.45) is 0 Å². The molecule has 0 saturated carbocycles. The average molecular weight is 561 g/mol. The minimum absolute atomic E-state index is 1.16. The van der Waals surface area contributed by atoms with Crippen LogP contribution >= 0.6 is 0 Å². The molecule has 0 aliphatic carbocycles. The smallest absolute Gasteiger partial charge is 0.0544 e. The zero-order chi connectivity index (χ0) is 29.0. The lowest BCUT2D eigenvalue weighted by molar-refractivity contribution is 1.52. The molecule has 9 aromatic rings. The Morgan fingerprint density at radius 2 is 0.659 bits per heavy atom. The highest BCUT2D eigenvalue weighted by Crippen LogP contribution is 2.40. The number of rotatable bonds is 4. The van der Waals surface area contributed by atoms with E-state index >= 15 is 0 Å². The summed E-state index contributed by atoms with van der Waals surface area (Å²) in [7, 11) is 0. The number of hydrogen-bond donors (Lipinski definition) is 2. The molecule has 2 nitrogen and oxygen atoms in total. The van der Waals surface area contributed by atoms with Crippen LogP contribution in [0, 0.1) is 0 Å². The Balaban J connectivity index is 1.24. The number of aromatic nitrogens is 2. The lowest BCUT2D eigenvalue weighted by Crippen LogP contribution is -1.87. The molecule has 0 fully saturated rings. The first-order valence-corrected chi connectivity index (χ1v) is 15.1. The van der Waals surface area contributed by atoms with Gasteiger partial charge in [0, 0.05) is 43.7 Å². The second-order valence-corrected chi connectivity index (χ2v) is 11.5. The van der Waals surface area contributed by atoms with E-state index in [1.54, 1.807) is 0 Å². The van der Waals surface area contributed by atoms with Crippen molar-refractivity contribution in [3.05, 3.63) is 158 Å². The minimum Gasteiger partial charge on any atom is -0.354 e. The summed E-state index contributed by atoms with van der Waals surface area (Å²) in [5.41, 5.74) is 14.3. The maximum Gasteiger partial charge on any atom is 0.0544 e. The lowest BCUT2D eigenvalue weighted by atomic mass is 9.93. The summed E-state index contributed by atoms with van der Waals surface area (Å²) in [4.78, 5) is 7.46. The number of fused-ring (bicyclic) bond motifs is 6. The van der Waals surface area contributed by atoms with Crippen molar-refractivity contribution >= 4 is 43.6 Å². The summed E-state index contributed by atoms with van der Waals surface area (Å²) in [6, 6.07) is 56.9. The van der Waals surface area contributed by atoms with Crippen LogP contribution in [0.4, 0.5) is 0 Å². The highest BCUT2D eigenvalue weighted by molar-refractivity contribution is 6.15. The summed E-state index contributed by atoms with van der Waals surface area (Å²) in [6.45, 7) is 0. The maximum absolute atomic E-state index is 3.73. The molecule has 0 atom stereocenters. The van der Waals surface area contributed by atoms with Crippen molar-refractivity contribution in [2.75, 3.05) is 0 Å². The van der Waals surface area contributed by atoms with Gasteiger partial charge in [0.2, 0.25) is 0 Å². The van der Waals surface area contributed by atoms with Crippen molar-refractivity contribution < 1.29 is 0 Å². The van der Waals surface area contributed by atoms with E-state index in [2.05, 4.69) is 168 Å². The van der Waals surface area contributed by atoms with Gasteiger partial charge < -0.3 is 9.97 Å². The number of H-pyrrole nitrogens is 2. The van der Waals surface area contributed by atoms with Gasteiger partial charge in [0.1, 0.15) is 0 Å². The molecule has 2 aromatic heterocycles. The molecular weight excluding hydrogens is 532 g/mol. The number of benzene rings is 7. The monoisotopic (exact) mass is 560 g/mol. The lowest BCUT2D eigenvalue weighted by Gasteiger charge is -2.12. The van der Waals surface area contributed by atoms with Gasteiger partial charge in [-0.3, -0.25) is 0 Å². The van der Waals surface area contributed by atoms with Gasteiger partial charge in [0.05, 0.1) is 11.0 Å². The molecule has 0 bridgehead atoms. The summed E-state index contributed by atoms with van der Waals surface area (Å²) >= 11 is 0.